The van der Waals surface area contributed by atoms with Crippen LogP contribution >= 0.6 is 27.3 Å². The first kappa shape index (κ1) is 14.6. The summed E-state index contributed by atoms with van der Waals surface area (Å²) in [7, 11) is 1.65. The monoisotopic (exact) mass is 343 g/mol. The summed E-state index contributed by atoms with van der Waals surface area (Å²) in [6.45, 7) is 5.03. The number of ether oxygens (including phenoxy) is 1. The lowest BCUT2D eigenvalue weighted by Crippen LogP contribution is -2.17. The Morgan fingerprint density at radius 1 is 1.58 bits per heavy atom. The van der Waals surface area contributed by atoms with Gasteiger partial charge >= 0.3 is 0 Å². The molecule has 1 unspecified atom stereocenters. The summed E-state index contributed by atoms with van der Waals surface area (Å²) in [6.07, 6.45) is 2.75. The number of thiophene rings is 1. The number of aromatic nitrogens is 2. The third-order valence-electron chi connectivity index (χ3n) is 2.98. The van der Waals surface area contributed by atoms with Gasteiger partial charge in [-0.2, -0.15) is 5.10 Å². The van der Waals surface area contributed by atoms with Gasteiger partial charge in [0.05, 0.1) is 23.1 Å². The Bertz CT molecular complexity index is 545. The maximum Gasteiger partial charge on any atom is 0.161 e. The highest BCUT2D eigenvalue weighted by Gasteiger charge is 2.22. The van der Waals surface area contributed by atoms with Crippen molar-refractivity contribution >= 4 is 27.3 Å². The van der Waals surface area contributed by atoms with Crippen molar-refractivity contribution in [1.29, 1.82) is 0 Å². The van der Waals surface area contributed by atoms with Gasteiger partial charge in [0, 0.05) is 11.4 Å². The molecule has 0 bridgehead atoms. The first-order valence-corrected chi connectivity index (χ1v) is 7.80. The molecule has 0 radical (unpaired) electrons. The van der Waals surface area contributed by atoms with E-state index in [2.05, 4.69) is 40.9 Å². The highest BCUT2D eigenvalue weighted by Crippen LogP contribution is 2.36. The molecule has 0 saturated carbocycles. The van der Waals surface area contributed by atoms with E-state index in [4.69, 9.17) is 10.5 Å². The molecule has 19 heavy (non-hydrogen) atoms. The van der Waals surface area contributed by atoms with Crippen LogP contribution in [-0.2, 0) is 6.54 Å². The van der Waals surface area contributed by atoms with Gasteiger partial charge in [-0.15, -0.1) is 11.3 Å². The first-order valence-electron chi connectivity index (χ1n) is 6.19. The van der Waals surface area contributed by atoms with Crippen molar-refractivity contribution in [2.75, 3.05) is 7.11 Å². The molecular formula is C13H18BrN3OS. The zero-order chi connectivity index (χ0) is 14.0. The van der Waals surface area contributed by atoms with Crippen LogP contribution in [0.3, 0.4) is 0 Å². The molecule has 1 atom stereocenters. The minimum absolute atomic E-state index is 0.209. The van der Waals surface area contributed by atoms with E-state index in [0.717, 1.165) is 33.1 Å². The molecule has 0 aromatic carbocycles. The third-order valence-corrected chi connectivity index (χ3v) is 5.20. The number of hydrogen-bond donors (Lipinski definition) is 1. The van der Waals surface area contributed by atoms with Crippen LogP contribution in [0.15, 0.2) is 16.0 Å². The van der Waals surface area contributed by atoms with Crippen LogP contribution in [0.1, 0.15) is 35.5 Å². The van der Waals surface area contributed by atoms with Crippen molar-refractivity contribution in [1.82, 2.24) is 9.78 Å². The van der Waals surface area contributed by atoms with Gasteiger partial charge in [0.15, 0.2) is 5.75 Å². The van der Waals surface area contributed by atoms with Crippen LogP contribution in [0, 0.1) is 6.92 Å². The molecule has 2 N–H and O–H groups in total. The van der Waals surface area contributed by atoms with Crippen molar-refractivity contribution < 1.29 is 4.74 Å². The summed E-state index contributed by atoms with van der Waals surface area (Å²) < 4.78 is 8.44. The van der Waals surface area contributed by atoms with Gasteiger partial charge in [0.25, 0.3) is 0 Å². The molecule has 2 heterocycles. The van der Waals surface area contributed by atoms with Crippen molar-refractivity contribution in [2.24, 2.45) is 5.73 Å². The normalized spacial score (nSPS) is 12.7. The number of hydrogen-bond acceptors (Lipinski definition) is 4. The summed E-state index contributed by atoms with van der Waals surface area (Å²) in [5.74, 6) is 0.753. The minimum Gasteiger partial charge on any atom is -0.493 e. The molecule has 2 aromatic heterocycles. The molecular weight excluding hydrogens is 326 g/mol. The molecule has 0 amide bonds. The molecule has 104 valence electrons. The lowest BCUT2D eigenvalue weighted by atomic mass is 10.1. The van der Waals surface area contributed by atoms with E-state index in [1.807, 2.05) is 4.68 Å². The number of rotatable bonds is 5. The average Bonchev–Trinajstić information content (AvgIpc) is 2.94. The maximum absolute atomic E-state index is 6.40. The fourth-order valence-corrected chi connectivity index (χ4v) is 3.59. The van der Waals surface area contributed by atoms with Gasteiger partial charge in [-0.05, 0) is 40.9 Å². The van der Waals surface area contributed by atoms with Crippen LogP contribution in [0.5, 0.6) is 5.75 Å². The second kappa shape index (κ2) is 6.07. The van der Waals surface area contributed by atoms with Crippen LogP contribution in [-0.4, -0.2) is 16.9 Å². The Labute approximate surface area is 125 Å². The standard InChI is InChI=1S/C13H18BrN3OS/c1-4-5-17-12(9(18-3)7-16-17)11(15)10-6-8(2)13(14)19-10/h6-7,11H,4-5,15H2,1-3H3. The van der Waals surface area contributed by atoms with E-state index in [9.17, 15) is 0 Å². The second-order valence-electron chi connectivity index (χ2n) is 4.40. The number of aryl methyl sites for hydroxylation is 2. The number of nitrogens with two attached hydrogens (primary N) is 1. The Kier molecular flexibility index (Phi) is 4.65. The van der Waals surface area contributed by atoms with Gasteiger partial charge in [0.2, 0.25) is 0 Å². The molecule has 0 saturated heterocycles. The Morgan fingerprint density at radius 3 is 2.84 bits per heavy atom. The number of nitrogens with zero attached hydrogens (tertiary/aromatic N) is 2. The van der Waals surface area contributed by atoms with Crippen LogP contribution < -0.4 is 10.5 Å². The van der Waals surface area contributed by atoms with Crippen molar-refractivity contribution in [3.8, 4) is 5.75 Å². The summed E-state index contributed by atoms with van der Waals surface area (Å²) in [5.41, 5.74) is 8.55. The zero-order valence-corrected chi connectivity index (χ0v) is 13.7. The van der Waals surface area contributed by atoms with Crippen LogP contribution in [0.2, 0.25) is 0 Å². The topological polar surface area (TPSA) is 53.1 Å². The third kappa shape index (κ3) is 2.85. The number of halogens is 1. The van der Waals surface area contributed by atoms with Gasteiger partial charge in [-0.1, -0.05) is 6.92 Å². The lowest BCUT2D eigenvalue weighted by molar-refractivity contribution is 0.404. The van der Waals surface area contributed by atoms with Crippen LogP contribution in [0.4, 0.5) is 0 Å². The van der Waals surface area contributed by atoms with E-state index in [0.29, 0.717) is 0 Å². The summed E-state index contributed by atoms with van der Waals surface area (Å²) in [5, 5.41) is 4.36. The van der Waals surface area contributed by atoms with Crippen molar-refractivity contribution in [3.05, 3.63) is 32.2 Å². The maximum atomic E-state index is 6.40. The van der Waals surface area contributed by atoms with Gasteiger partial charge in [-0.3, -0.25) is 4.68 Å². The summed E-state index contributed by atoms with van der Waals surface area (Å²) in [4.78, 5) is 1.11. The highest BCUT2D eigenvalue weighted by molar-refractivity contribution is 9.11. The fourth-order valence-electron chi connectivity index (χ4n) is 2.01. The summed E-state index contributed by atoms with van der Waals surface area (Å²) in [6, 6.07) is 1.90. The molecule has 4 nitrogen and oxygen atoms in total. The second-order valence-corrected chi connectivity index (χ2v) is 6.81. The van der Waals surface area contributed by atoms with Crippen molar-refractivity contribution in [3.63, 3.8) is 0 Å². The first-order chi connectivity index (χ1) is 9.08. The lowest BCUT2D eigenvalue weighted by Gasteiger charge is -2.14. The van der Waals surface area contributed by atoms with Gasteiger partial charge in [0.1, 0.15) is 5.69 Å². The van der Waals surface area contributed by atoms with Crippen LogP contribution in [0.25, 0.3) is 0 Å². The quantitative estimate of drug-likeness (QED) is 0.903. The molecule has 0 spiro atoms. The number of methoxy groups -OCH3 is 1. The van der Waals surface area contributed by atoms with E-state index in [1.54, 1.807) is 24.6 Å². The molecule has 2 aromatic rings. The van der Waals surface area contributed by atoms with E-state index >= 15 is 0 Å². The minimum atomic E-state index is -0.209. The predicted molar refractivity (Wildman–Crippen MR) is 81.9 cm³/mol. The Hall–Kier alpha value is -0.850. The van der Waals surface area contributed by atoms with E-state index in [1.165, 1.54) is 5.56 Å². The molecule has 6 heteroatoms. The highest BCUT2D eigenvalue weighted by atomic mass is 79.9. The van der Waals surface area contributed by atoms with E-state index in [-0.39, 0.29) is 6.04 Å². The van der Waals surface area contributed by atoms with Crippen molar-refractivity contribution in [2.45, 2.75) is 32.9 Å². The average molecular weight is 344 g/mol. The van der Waals surface area contributed by atoms with Gasteiger partial charge in [-0.25, -0.2) is 0 Å². The molecule has 2 rings (SSSR count). The largest absolute Gasteiger partial charge is 0.493 e. The van der Waals surface area contributed by atoms with E-state index < -0.39 is 0 Å². The van der Waals surface area contributed by atoms with Gasteiger partial charge < -0.3 is 10.5 Å². The smallest absolute Gasteiger partial charge is 0.161 e. The Balaban J connectivity index is 2.41. The predicted octanol–water partition coefficient (Wildman–Crippen LogP) is 3.48. The Morgan fingerprint density at radius 2 is 2.32 bits per heavy atom. The summed E-state index contributed by atoms with van der Waals surface area (Å²) >= 11 is 5.20. The molecule has 0 fully saturated rings. The fraction of sp³-hybridized carbons (Fsp3) is 0.462. The molecule has 0 aliphatic rings. The molecule has 0 aliphatic heterocycles. The SMILES string of the molecule is CCCn1ncc(OC)c1C(N)c1cc(C)c(Br)s1. The zero-order valence-electron chi connectivity index (χ0n) is 11.3. The molecule has 0 aliphatic carbocycles.